The molecule has 3 N–H and O–H groups in total. The summed E-state index contributed by atoms with van der Waals surface area (Å²) in [5, 5.41) is 9.58. The van der Waals surface area contributed by atoms with Crippen molar-refractivity contribution >= 4 is 23.8 Å². The number of carbonyl (C=O) groups is 1. The van der Waals surface area contributed by atoms with E-state index in [9.17, 15) is 4.79 Å². The number of hydrogen-bond acceptors (Lipinski definition) is 5. The topological polar surface area (TPSA) is 84.0 Å². The van der Waals surface area contributed by atoms with Crippen LogP contribution in [0.1, 0.15) is 17.0 Å². The molecule has 1 heterocycles. The van der Waals surface area contributed by atoms with Crippen molar-refractivity contribution in [2.75, 3.05) is 17.3 Å². The second-order valence-corrected chi connectivity index (χ2v) is 6.48. The van der Waals surface area contributed by atoms with Crippen LogP contribution in [0.15, 0.2) is 48.5 Å². The number of rotatable bonds is 7. The first-order valence-corrected chi connectivity index (χ1v) is 8.88. The molecule has 0 bridgehead atoms. The number of benzene rings is 2. The molecule has 0 unspecified atom stereocenters. The lowest BCUT2D eigenvalue weighted by Gasteiger charge is -2.11. The molecule has 3 aromatic rings. The zero-order chi connectivity index (χ0) is 19.2. The number of aromatic amines is 1. The second-order valence-electron chi connectivity index (χ2n) is 6.10. The van der Waals surface area contributed by atoms with Crippen molar-refractivity contribution in [3.05, 3.63) is 70.3 Å². The maximum Gasteiger partial charge on any atom is 0.262 e. The van der Waals surface area contributed by atoms with E-state index in [1.807, 2.05) is 62.4 Å². The van der Waals surface area contributed by atoms with Gasteiger partial charge in [-0.3, -0.25) is 9.89 Å². The molecule has 1 aromatic heterocycles. The van der Waals surface area contributed by atoms with E-state index in [0.717, 1.165) is 22.6 Å². The Morgan fingerprint density at radius 1 is 1.22 bits per heavy atom. The number of ether oxygens (including phenoxy) is 1. The fourth-order valence-electron chi connectivity index (χ4n) is 2.46. The summed E-state index contributed by atoms with van der Waals surface area (Å²) in [6.07, 6.45) is 0. The normalized spacial score (nSPS) is 10.4. The molecule has 0 aliphatic heterocycles. The van der Waals surface area contributed by atoms with Gasteiger partial charge in [-0.25, -0.2) is 4.68 Å². The minimum Gasteiger partial charge on any atom is -0.484 e. The van der Waals surface area contributed by atoms with E-state index in [-0.39, 0.29) is 12.5 Å². The van der Waals surface area contributed by atoms with Crippen molar-refractivity contribution < 1.29 is 9.53 Å². The maximum atomic E-state index is 12.0. The summed E-state index contributed by atoms with van der Waals surface area (Å²) in [6.45, 7) is 4.34. The number of nitrogens with one attached hydrogen (secondary N) is 3. The van der Waals surface area contributed by atoms with Gasteiger partial charge >= 0.3 is 0 Å². The first-order chi connectivity index (χ1) is 13.0. The summed E-state index contributed by atoms with van der Waals surface area (Å²) in [5.41, 5.74) is 6.07. The van der Waals surface area contributed by atoms with Gasteiger partial charge in [-0.2, -0.15) is 5.10 Å². The lowest BCUT2D eigenvalue weighted by atomic mass is 10.2. The number of nitrogens with zero attached hydrogens (tertiary/aromatic N) is 2. The van der Waals surface area contributed by atoms with Crippen LogP contribution in [0.5, 0.6) is 5.75 Å². The average molecular weight is 383 g/mol. The molecule has 0 spiro atoms. The Kier molecular flexibility index (Phi) is 5.87. The van der Waals surface area contributed by atoms with E-state index >= 15 is 0 Å². The summed E-state index contributed by atoms with van der Waals surface area (Å²) < 4.78 is 7.82. The maximum absolute atomic E-state index is 12.0. The highest BCUT2D eigenvalue weighted by atomic mass is 32.1. The molecule has 0 aliphatic rings. The first kappa shape index (κ1) is 18.7. The molecule has 0 saturated carbocycles. The third kappa shape index (κ3) is 5.18. The van der Waals surface area contributed by atoms with Gasteiger partial charge in [0.05, 0.1) is 6.54 Å². The summed E-state index contributed by atoms with van der Waals surface area (Å²) in [6, 6.07) is 15.2. The summed E-state index contributed by atoms with van der Waals surface area (Å²) in [5.74, 6) is 1.17. The van der Waals surface area contributed by atoms with E-state index in [0.29, 0.717) is 17.1 Å². The van der Waals surface area contributed by atoms with Crippen LogP contribution in [0, 0.1) is 18.6 Å². The quantitative estimate of drug-likeness (QED) is 0.545. The van der Waals surface area contributed by atoms with Crippen LogP contribution in [-0.2, 0) is 11.3 Å². The molecule has 27 heavy (non-hydrogen) atoms. The molecule has 0 saturated heterocycles. The monoisotopic (exact) mass is 383 g/mol. The van der Waals surface area contributed by atoms with E-state index in [2.05, 4.69) is 20.9 Å². The largest absolute Gasteiger partial charge is 0.484 e. The van der Waals surface area contributed by atoms with Crippen LogP contribution in [0.3, 0.4) is 0 Å². The Morgan fingerprint density at radius 2 is 2.00 bits per heavy atom. The van der Waals surface area contributed by atoms with Gasteiger partial charge in [0.1, 0.15) is 11.6 Å². The third-order valence-corrected chi connectivity index (χ3v) is 4.16. The summed E-state index contributed by atoms with van der Waals surface area (Å²) >= 11 is 5.16. The highest BCUT2D eigenvalue weighted by molar-refractivity contribution is 7.71. The van der Waals surface area contributed by atoms with Crippen LogP contribution < -0.4 is 15.5 Å². The van der Waals surface area contributed by atoms with Gasteiger partial charge in [-0.05, 0) is 55.9 Å². The molecule has 1 amide bonds. The van der Waals surface area contributed by atoms with Crippen LogP contribution >= 0.6 is 12.2 Å². The molecule has 0 fully saturated rings. The highest BCUT2D eigenvalue weighted by Crippen LogP contribution is 2.14. The van der Waals surface area contributed by atoms with Crippen LogP contribution in [0.25, 0.3) is 0 Å². The van der Waals surface area contributed by atoms with Crippen LogP contribution in [0.2, 0.25) is 0 Å². The second kappa shape index (κ2) is 8.50. The molecule has 0 atom stereocenters. The van der Waals surface area contributed by atoms with Gasteiger partial charge in [0, 0.05) is 5.69 Å². The molecule has 8 heteroatoms. The smallest absolute Gasteiger partial charge is 0.262 e. The van der Waals surface area contributed by atoms with Crippen LogP contribution in [-0.4, -0.2) is 27.4 Å². The lowest BCUT2D eigenvalue weighted by Crippen LogP contribution is -2.20. The summed E-state index contributed by atoms with van der Waals surface area (Å²) in [4.78, 5) is 12.0. The Morgan fingerprint density at radius 3 is 2.70 bits per heavy atom. The average Bonchev–Trinajstić information content (AvgIpc) is 2.98. The van der Waals surface area contributed by atoms with Gasteiger partial charge in [0.2, 0.25) is 4.77 Å². The molecule has 7 nitrogen and oxygen atoms in total. The van der Waals surface area contributed by atoms with Gasteiger partial charge in [0.25, 0.3) is 5.91 Å². The number of carbonyl (C=O) groups excluding carboxylic acids is 1. The zero-order valence-electron chi connectivity index (χ0n) is 15.2. The van der Waals surface area contributed by atoms with Crippen molar-refractivity contribution in [1.29, 1.82) is 0 Å². The standard InChI is InChI=1S/C19H21N5O2S/c1-13-6-8-16(9-7-13)21-18(25)12-26-17-5-3-4-15(10-17)11-20-24-14(2)22-23-19(24)27/h3-10,20H,11-12H2,1-2H3,(H,21,25)(H,23,27). The Bertz CT molecular complexity index is 978. The van der Waals surface area contributed by atoms with Crippen molar-refractivity contribution in [2.45, 2.75) is 20.4 Å². The molecule has 3 rings (SSSR count). The number of H-pyrrole nitrogens is 1. The van der Waals surface area contributed by atoms with E-state index in [1.165, 1.54) is 0 Å². The van der Waals surface area contributed by atoms with Crippen LogP contribution in [0.4, 0.5) is 5.69 Å². The van der Waals surface area contributed by atoms with Crippen molar-refractivity contribution in [1.82, 2.24) is 14.9 Å². The SMILES string of the molecule is Cc1ccc(NC(=O)COc2cccc(CNn3c(C)n[nH]c3=S)c2)cc1. The Hall–Kier alpha value is -3.13. The van der Waals surface area contributed by atoms with Crippen molar-refractivity contribution in [3.8, 4) is 5.75 Å². The molecular formula is C19H21N5O2S. The number of hydrogen-bond donors (Lipinski definition) is 3. The molecule has 140 valence electrons. The molecule has 0 aliphatic carbocycles. The minimum atomic E-state index is -0.206. The van der Waals surface area contributed by atoms with Crippen molar-refractivity contribution in [2.24, 2.45) is 0 Å². The lowest BCUT2D eigenvalue weighted by molar-refractivity contribution is -0.118. The predicted molar refractivity (Wildman–Crippen MR) is 107 cm³/mol. The van der Waals surface area contributed by atoms with E-state index in [1.54, 1.807) is 4.68 Å². The van der Waals surface area contributed by atoms with E-state index in [4.69, 9.17) is 17.0 Å². The number of amides is 1. The minimum absolute atomic E-state index is 0.0589. The molecule has 2 aromatic carbocycles. The number of aromatic nitrogens is 3. The van der Waals surface area contributed by atoms with Gasteiger partial charge in [-0.15, -0.1) is 0 Å². The van der Waals surface area contributed by atoms with E-state index < -0.39 is 0 Å². The van der Waals surface area contributed by atoms with Gasteiger partial charge in [-0.1, -0.05) is 29.8 Å². The van der Waals surface area contributed by atoms with Gasteiger partial charge < -0.3 is 15.5 Å². The first-order valence-electron chi connectivity index (χ1n) is 8.47. The summed E-state index contributed by atoms with van der Waals surface area (Å²) in [7, 11) is 0. The third-order valence-electron chi connectivity index (χ3n) is 3.89. The highest BCUT2D eigenvalue weighted by Gasteiger charge is 2.05. The fraction of sp³-hybridized carbons (Fsp3) is 0.211. The molecule has 0 radical (unpaired) electrons. The molecular weight excluding hydrogens is 362 g/mol. The Labute approximate surface area is 162 Å². The van der Waals surface area contributed by atoms with Crippen molar-refractivity contribution in [3.63, 3.8) is 0 Å². The zero-order valence-corrected chi connectivity index (χ0v) is 16.0. The predicted octanol–water partition coefficient (Wildman–Crippen LogP) is 3.32. The van der Waals surface area contributed by atoms with Gasteiger partial charge in [0.15, 0.2) is 6.61 Å². The number of anilines is 1. The number of aryl methyl sites for hydroxylation is 2. The fourth-order valence-corrected chi connectivity index (χ4v) is 2.70. The Balaban J connectivity index is 1.53.